The number of carbonyl (C=O) groups is 4. The van der Waals surface area contributed by atoms with Gasteiger partial charge in [-0.25, -0.2) is 19.6 Å². The Bertz CT molecular complexity index is 1860. The third-order valence-corrected chi connectivity index (χ3v) is 11.0. The van der Waals surface area contributed by atoms with E-state index < -0.39 is 24.3 Å². The molecule has 2 saturated carbocycles. The Balaban J connectivity index is 0.921. The van der Waals surface area contributed by atoms with Crippen LogP contribution in [0.4, 0.5) is 9.59 Å². The Morgan fingerprint density at radius 3 is 1.37 bits per heavy atom. The van der Waals surface area contributed by atoms with Crippen LogP contribution in [0, 0.1) is 11.8 Å². The second-order valence-electron chi connectivity index (χ2n) is 14.4. The van der Waals surface area contributed by atoms with Crippen molar-refractivity contribution in [1.82, 2.24) is 40.4 Å². The van der Waals surface area contributed by atoms with Gasteiger partial charge in [0.1, 0.15) is 23.7 Å². The van der Waals surface area contributed by atoms with E-state index in [2.05, 4.69) is 88.6 Å². The van der Waals surface area contributed by atoms with Gasteiger partial charge in [-0.05, 0) is 73.6 Å². The molecule has 4 amide bonds. The zero-order valence-corrected chi connectivity index (χ0v) is 29.5. The van der Waals surface area contributed by atoms with E-state index in [0.717, 1.165) is 71.0 Å². The molecule has 4 aromatic rings. The normalized spacial score (nSPS) is 25.1. The molecule has 14 heteroatoms. The van der Waals surface area contributed by atoms with E-state index in [1.165, 1.54) is 14.2 Å². The minimum Gasteiger partial charge on any atom is -0.453 e. The van der Waals surface area contributed by atoms with E-state index in [4.69, 9.17) is 0 Å². The van der Waals surface area contributed by atoms with Crippen LogP contribution in [-0.4, -0.2) is 92.1 Å². The summed E-state index contributed by atoms with van der Waals surface area (Å²) in [5, 5.41) is 5.19. The van der Waals surface area contributed by atoms with E-state index in [1.807, 2.05) is 22.2 Å². The number of nitrogens with zero attached hydrogens (tertiary/aromatic N) is 4. The van der Waals surface area contributed by atoms with Crippen molar-refractivity contribution in [2.45, 2.75) is 75.8 Å². The molecule has 0 radical (unpaired) electrons. The molecular weight excluding hydrogens is 664 g/mol. The average molecular weight is 707 g/mol. The number of likely N-dealkylation sites (tertiary alicyclic amines) is 2. The molecule has 2 aliphatic heterocycles. The highest BCUT2D eigenvalue weighted by Crippen LogP contribution is 2.54. The lowest BCUT2D eigenvalue weighted by Crippen LogP contribution is -2.47. The minimum absolute atomic E-state index is 0.133. The van der Waals surface area contributed by atoms with Crippen molar-refractivity contribution in [1.29, 1.82) is 0 Å². The fraction of sp³-hybridized carbons (Fsp3) is 0.421. The van der Waals surface area contributed by atoms with Crippen LogP contribution in [0.15, 0.2) is 60.9 Å². The highest BCUT2D eigenvalue weighted by Gasteiger charge is 2.56. The van der Waals surface area contributed by atoms with Gasteiger partial charge in [-0.1, -0.05) is 48.5 Å². The summed E-state index contributed by atoms with van der Waals surface area (Å²) in [4.78, 5) is 70.1. The summed E-state index contributed by atoms with van der Waals surface area (Å²) in [5.41, 5.74) is 5.84. The number of aromatic nitrogens is 4. The first-order chi connectivity index (χ1) is 25.1. The maximum Gasteiger partial charge on any atom is 0.407 e. The first-order valence-electron chi connectivity index (χ1n) is 17.8. The number of aromatic amines is 2. The quantitative estimate of drug-likeness (QED) is 0.189. The number of hydrogen-bond acceptors (Lipinski definition) is 8. The molecular formula is C38H42N8O6. The van der Waals surface area contributed by atoms with Gasteiger partial charge in [-0.3, -0.25) is 9.59 Å². The molecule has 14 nitrogen and oxygen atoms in total. The van der Waals surface area contributed by atoms with Gasteiger partial charge < -0.3 is 39.9 Å². The number of nitrogens with one attached hydrogen (secondary N) is 4. The molecule has 270 valence electrons. The van der Waals surface area contributed by atoms with Gasteiger partial charge in [0.2, 0.25) is 11.8 Å². The van der Waals surface area contributed by atoms with Gasteiger partial charge in [-0.2, -0.15) is 0 Å². The molecule has 4 fully saturated rings. The minimum atomic E-state index is -0.694. The average Bonchev–Trinajstić information content (AvgIpc) is 3.76. The zero-order valence-electron chi connectivity index (χ0n) is 29.5. The summed E-state index contributed by atoms with van der Waals surface area (Å²) in [7, 11) is 2.56. The van der Waals surface area contributed by atoms with E-state index in [0.29, 0.717) is 11.8 Å². The first-order valence-corrected chi connectivity index (χ1v) is 17.8. The number of imidazole rings is 2. The zero-order chi connectivity index (χ0) is 36.3. The third kappa shape index (κ3) is 6.15. The second-order valence-corrected chi connectivity index (χ2v) is 14.4. The van der Waals surface area contributed by atoms with Crippen LogP contribution in [0.5, 0.6) is 0 Å². The predicted octanol–water partition coefficient (Wildman–Crippen LogP) is 4.95. The fourth-order valence-electron chi connectivity index (χ4n) is 8.07. The Hall–Kier alpha value is -5.66. The lowest BCUT2D eigenvalue weighted by molar-refractivity contribution is -0.135. The monoisotopic (exact) mass is 706 g/mol. The number of H-pyrrole nitrogens is 2. The molecule has 1 unspecified atom stereocenters. The summed E-state index contributed by atoms with van der Waals surface area (Å²) >= 11 is 0. The van der Waals surface area contributed by atoms with E-state index in [-0.39, 0.29) is 36.0 Å². The van der Waals surface area contributed by atoms with Crippen LogP contribution in [-0.2, 0) is 19.1 Å². The predicted molar refractivity (Wildman–Crippen MR) is 189 cm³/mol. The van der Waals surface area contributed by atoms with Gasteiger partial charge in [-0.15, -0.1) is 0 Å². The standard InChI is InChI=1S/C38H42N8O6/c1-19(41-37(49)51-3)35(47)45-29-13-25(29)15-31(45)33-39-17-27(43-33)23-9-5-21(6-10-23)22-7-11-24(12-8-22)28-18-40-34(44-28)32-16-26-14-30(26)46(32)36(48)20(2)42-38(50)52-4/h5-12,17-20,25-26,29-32H,13-16H2,1-4H3,(H,39,43)(H,40,44)(H,41,49)(H,42,50)/t19-,20?,25+,26+,29+,30-,31-,32-/m0/s1. The summed E-state index contributed by atoms with van der Waals surface area (Å²) in [6, 6.07) is 15.2. The summed E-state index contributed by atoms with van der Waals surface area (Å²) in [5.74, 6) is 2.14. The van der Waals surface area contributed by atoms with Crippen molar-refractivity contribution in [2.24, 2.45) is 11.8 Å². The molecule has 4 N–H and O–H groups in total. The maximum atomic E-state index is 13.3. The first kappa shape index (κ1) is 33.5. The number of fused-ring (bicyclic) bond motifs is 2. The number of alkyl carbamates (subject to hydrolysis) is 2. The van der Waals surface area contributed by atoms with Crippen molar-refractivity contribution in [3.05, 3.63) is 72.6 Å². The van der Waals surface area contributed by atoms with Crippen molar-refractivity contribution in [2.75, 3.05) is 14.2 Å². The van der Waals surface area contributed by atoms with Crippen molar-refractivity contribution in [3.63, 3.8) is 0 Å². The van der Waals surface area contributed by atoms with Crippen molar-refractivity contribution in [3.8, 4) is 33.6 Å². The Morgan fingerprint density at radius 2 is 1.00 bits per heavy atom. The highest BCUT2D eigenvalue weighted by molar-refractivity contribution is 5.87. The molecule has 8 rings (SSSR count). The van der Waals surface area contributed by atoms with E-state index >= 15 is 0 Å². The van der Waals surface area contributed by atoms with Crippen molar-refractivity contribution < 1.29 is 28.7 Å². The van der Waals surface area contributed by atoms with Gasteiger partial charge >= 0.3 is 12.2 Å². The molecule has 2 aliphatic carbocycles. The molecule has 0 bridgehead atoms. The third-order valence-electron chi connectivity index (χ3n) is 11.0. The molecule has 0 spiro atoms. The topological polar surface area (TPSA) is 175 Å². The molecule has 4 heterocycles. The number of piperidine rings is 2. The Labute approximate surface area is 300 Å². The van der Waals surface area contributed by atoms with Gasteiger partial charge in [0.15, 0.2) is 0 Å². The lowest BCUT2D eigenvalue weighted by Gasteiger charge is -2.29. The fourth-order valence-corrected chi connectivity index (χ4v) is 8.07. The lowest BCUT2D eigenvalue weighted by atomic mass is 10.0. The number of hydrogen-bond donors (Lipinski definition) is 4. The van der Waals surface area contributed by atoms with Gasteiger partial charge in [0.25, 0.3) is 0 Å². The molecule has 8 atom stereocenters. The maximum absolute atomic E-state index is 13.3. The highest BCUT2D eigenvalue weighted by atomic mass is 16.5. The van der Waals surface area contributed by atoms with E-state index in [1.54, 1.807) is 13.8 Å². The summed E-state index contributed by atoms with van der Waals surface area (Å²) in [6.45, 7) is 3.35. The van der Waals surface area contributed by atoms with Gasteiger partial charge in [0, 0.05) is 12.1 Å². The smallest absolute Gasteiger partial charge is 0.407 e. The Morgan fingerprint density at radius 1 is 0.635 bits per heavy atom. The van der Waals surface area contributed by atoms with Crippen molar-refractivity contribution >= 4 is 24.0 Å². The van der Waals surface area contributed by atoms with Crippen LogP contribution in [0.1, 0.15) is 63.3 Å². The molecule has 2 saturated heterocycles. The number of amides is 4. The number of ether oxygens (including phenoxy) is 2. The summed E-state index contributed by atoms with van der Waals surface area (Å²) in [6.07, 6.45) is 6.01. The molecule has 2 aromatic heterocycles. The number of benzene rings is 2. The van der Waals surface area contributed by atoms with Crippen LogP contribution in [0.2, 0.25) is 0 Å². The van der Waals surface area contributed by atoms with E-state index in [9.17, 15) is 19.2 Å². The number of rotatable bonds is 9. The second kappa shape index (κ2) is 13.1. The SMILES string of the molecule is COC(=O)NC(C)C(=O)N1[C@H](c2ncc(-c3ccc(-c4ccc(-c5cnc([C@@H]6C[C@H]7C[C@H]7N6C(=O)[C@H](C)NC(=O)OC)[nH]5)cc4)cc3)[nH]2)C[C@H]2C[C@@H]21. The molecule has 4 aliphatic rings. The van der Waals surface area contributed by atoms with Crippen LogP contribution in [0.3, 0.4) is 0 Å². The van der Waals surface area contributed by atoms with Crippen LogP contribution in [0.25, 0.3) is 33.6 Å². The summed E-state index contributed by atoms with van der Waals surface area (Å²) < 4.78 is 9.35. The number of carbonyl (C=O) groups excluding carboxylic acids is 4. The number of methoxy groups -OCH3 is 2. The van der Waals surface area contributed by atoms with Crippen LogP contribution >= 0.6 is 0 Å². The Kier molecular flexibility index (Phi) is 8.47. The van der Waals surface area contributed by atoms with Gasteiger partial charge in [0.05, 0.1) is 50.1 Å². The molecule has 2 aromatic carbocycles. The largest absolute Gasteiger partial charge is 0.453 e. The van der Waals surface area contributed by atoms with Crippen LogP contribution < -0.4 is 10.6 Å². The molecule has 52 heavy (non-hydrogen) atoms.